The van der Waals surface area contributed by atoms with Crippen LogP contribution in [0.15, 0.2) is 48.5 Å². The molecular weight excluding hydrogens is 424 g/mol. The van der Waals surface area contributed by atoms with Crippen LogP contribution in [0.5, 0.6) is 0 Å². The number of hydrogen-bond donors (Lipinski definition) is 1. The number of amides is 2. The number of carbonyl (C=O) groups excluding carboxylic acids is 4. The summed E-state index contributed by atoms with van der Waals surface area (Å²) in [6.45, 7) is 4.04. The van der Waals surface area contributed by atoms with Crippen LogP contribution in [0.2, 0.25) is 0 Å². The molecule has 3 rings (SSSR count). The standard InChI is InChI=1S/C25H28N2O6/c1-3-4-13-32-24(30)18-9-11-20(12-10-18)26-22(28)16-33-25(31)19-14-23(29)27(15-19)21-8-6-5-7-17(21)2/h5-12,19H,3-4,13-16H2,1-2H3,(H,26,28)/t19-/m0/s1. The number of hydrogen-bond acceptors (Lipinski definition) is 6. The summed E-state index contributed by atoms with van der Waals surface area (Å²) >= 11 is 0. The first-order chi connectivity index (χ1) is 15.9. The fraction of sp³-hybridized carbons (Fsp3) is 0.360. The van der Waals surface area contributed by atoms with Crippen LogP contribution >= 0.6 is 0 Å². The van der Waals surface area contributed by atoms with Gasteiger partial charge in [-0.2, -0.15) is 0 Å². The number of unbranched alkanes of at least 4 members (excludes halogenated alkanes) is 1. The number of aryl methyl sites for hydroxylation is 1. The van der Waals surface area contributed by atoms with Crippen molar-refractivity contribution in [2.24, 2.45) is 5.92 Å². The summed E-state index contributed by atoms with van der Waals surface area (Å²) in [6.07, 6.45) is 1.78. The molecular formula is C25H28N2O6. The molecule has 1 N–H and O–H groups in total. The summed E-state index contributed by atoms with van der Waals surface area (Å²) in [5.74, 6) is -2.28. The summed E-state index contributed by atoms with van der Waals surface area (Å²) < 4.78 is 10.3. The molecule has 0 unspecified atom stereocenters. The maximum absolute atomic E-state index is 12.4. The van der Waals surface area contributed by atoms with E-state index in [0.717, 1.165) is 24.1 Å². The second-order valence-corrected chi connectivity index (χ2v) is 7.91. The molecule has 1 atom stereocenters. The third-order valence-corrected chi connectivity index (χ3v) is 5.35. The lowest BCUT2D eigenvalue weighted by atomic mass is 10.1. The maximum atomic E-state index is 12.4. The first-order valence-corrected chi connectivity index (χ1v) is 11.0. The van der Waals surface area contributed by atoms with Gasteiger partial charge in [0, 0.05) is 24.3 Å². The third kappa shape index (κ3) is 6.41. The fourth-order valence-corrected chi connectivity index (χ4v) is 3.50. The van der Waals surface area contributed by atoms with E-state index in [4.69, 9.17) is 9.47 Å². The van der Waals surface area contributed by atoms with Gasteiger partial charge in [0.05, 0.1) is 18.1 Å². The Bertz CT molecular complexity index is 1020. The summed E-state index contributed by atoms with van der Waals surface area (Å²) in [5.41, 5.74) is 2.57. The molecule has 8 heteroatoms. The highest BCUT2D eigenvalue weighted by Crippen LogP contribution is 2.28. The number of para-hydroxylation sites is 1. The summed E-state index contributed by atoms with van der Waals surface area (Å²) in [6, 6.07) is 13.7. The van der Waals surface area contributed by atoms with Crippen LogP contribution in [0.25, 0.3) is 0 Å². The molecule has 33 heavy (non-hydrogen) atoms. The van der Waals surface area contributed by atoms with Crippen molar-refractivity contribution in [1.29, 1.82) is 0 Å². The summed E-state index contributed by atoms with van der Waals surface area (Å²) in [5, 5.41) is 2.61. The van der Waals surface area contributed by atoms with Gasteiger partial charge in [-0.15, -0.1) is 0 Å². The number of rotatable bonds is 9. The van der Waals surface area contributed by atoms with Gasteiger partial charge in [-0.1, -0.05) is 31.5 Å². The molecule has 0 radical (unpaired) electrons. The van der Waals surface area contributed by atoms with E-state index in [1.807, 2.05) is 38.1 Å². The van der Waals surface area contributed by atoms with E-state index in [9.17, 15) is 19.2 Å². The van der Waals surface area contributed by atoms with E-state index in [1.54, 1.807) is 29.2 Å². The highest BCUT2D eigenvalue weighted by atomic mass is 16.5. The lowest BCUT2D eigenvalue weighted by Crippen LogP contribution is -2.28. The fourth-order valence-electron chi connectivity index (χ4n) is 3.50. The lowest BCUT2D eigenvalue weighted by Gasteiger charge is -2.18. The zero-order valence-electron chi connectivity index (χ0n) is 18.8. The van der Waals surface area contributed by atoms with Crippen LogP contribution in [0.4, 0.5) is 11.4 Å². The molecule has 1 aliphatic heterocycles. The smallest absolute Gasteiger partial charge is 0.338 e. The number of ether oxygens (including phenoxy) is 2. The van der Waals surface area contributed by atoms with Crippen LogP contribution in [-0.4, -0.2) is 43.5 Å². The number of anilines is 2. The molecule has 0 saturated carbocycles. The quantitative estimate of drug-likeness (QED) is 0.462. The Morgan fingerprint density at radius 2 is 1.79 bits per heavy atom. The third-order valence-electron chi connectivity index (χ3n) is 5.35. The molecule has 0 spiro atoms. The Balaban J connectivity index is 1.46. The first kappa shape index (κ1) is 24.0. The van der Waals surface area contributed by atoms with E-state index in [2.05, 4.69) is 5.32 Å². The van der Waals surface area contributed by atoms with Gasteiger partial charge in [-0.05, 0) is 49.2 Å². The Morgan fingerprint density at radius 1 is 1.06 bits per heavy atom. The Morgan fingerprint density at radius 3 is 2.48 bits per heavy atom. The molecule has 0 aromatic heterocycles. The molecule has 1 saturated heterocycles. The predicted octanol–water partition coefficient (Wildman–Crippen LogP) is 3.49. The molecule has 1 aliphatic rings. The average Bonchev–Trinajstić information content (AvgIpc) is 3.20. The monoisotopic (exact) mass is 452 g/mol. The van der Waals surface area contributed by atoms with Crippen molar-refractivity contribution in [3.63, 3.8) is 0 Å². The van der Waals surface area contributed by atoms with Crippen LogP contribution < -0.4 is 10.2 Å². The Labute approximate surface area is 192 Å². The van der Waals surface area contributed by atoms with Crippen molar-refractivity contribution in [2.75, 3.05) is 30.0 Å². The Kier molecular flexibility index (Phi) is 8.18. The normalized spacial score (nSPS) is 15.3. The number of nitrogens with one attached hydrogen (secondary N) is 1. The number of benzene rings is 2. The molecule has 2 aromatic rings. The average molecular weight is 453 g/mol. The number of carbonyl (C=O) groups is 4. The minimum absolute atomic E-state index is 0.0462. The summed E-state index contributed by atoms with van der Waals surface area (Å²) in [4.78, 5) is 50.4. The van der Waals surface area contributed by atoms with E-state index < -0.39 is 30.4 Å². The van der Waals surface area contributed by atoms with Crippen molar-refractivity contribution < 1.29 is 28.7 Å². The highest BCUT2D eigenvalue weighted by Gasteiger charge is 2.36. The minimum atomic E-state index is -0.622. The predicted molar refractivity (Wildman–Crippen MR) is 123 cm³/mol. The van der Waals surface area contributed by atoms with E-state index in [-0.39, 0.29) is 18.9 Å². The first-order valence-electron chi connectivity index (χ1n) is 11.0. The summed E-state index contributed by atoms with van der Waals surface area (Å²) in [7, 11) is 0. The number of esters is 2. The molecule has 8 nitrogen and oxygen atoms in total. The largest absolute Gasteiger partial charge is 0.462 e. The SMILES string of the molecule is CCCCOC(=O)c1ccc(NC(=O)COC(=O)[C@H]2CC(=O)N(c3ccccc3C)C2)cc1. The molecule has 0 bridgehead atoms. The van der Waals surface area contributed by atoms with Crippen molar-refractivity contribution in [3.05, 3.63) is 59.7 Å². The number of nitrogens with zero attached hydrogens (tertiary/aromatic N) is 1. The Hall–Kier alpha value is -3.68. The van der Waals surface area contributed by atoms with Gasteiger partial charge in [0.1, 0.15) is 0 Å². The topological polar surface area (TPSA) is 102 Å². The molecule has 1 fully saturated rings. The molecule has 1 heterocycles. The van der Waals surface area contributed by atoms with Gasteiger partial charge in [0.15, 0.2) is 6.61 Å². The zero-order valence-corrected chi connectivity index (χ0v) is 18.8. The molecule has 2 aromatic carbocycles. The van der Waals surface area contributed by atoms with Gasteiger partial charge in [-0.25, -0.2) is 4.79 Å². The van der Waals surface area contributed by atoms with Crippen molar-refractivity contribution in [3.8, 4) is 0 Å². The van der Waals surface area contributed by atoms with Crippen molar-refractivity contribution in [2.45, 2.75) is 33.1 Å². The second-order valence-electron chi connectivity index (χ2n) is 7.91. The van der Waals surface area contributed by atoms with Gasteiger partial charge in [0.2, 0.25) is 5.91 Å². The highest BCUT2D eigenvalue weighted by molar-refractivity contribution is 6.00. The van der Waals surface area contributed by atoms with E-state index in [0.29, 0.717) is 17.9 Å². The van der Waals surface area contributed by atoms with Crippen LogP contribution in [-0.2, 0) is 23.9 Å². The zero-order chi connectivity index (χ0) is 23.8. The second kappa shape index (κ2) is 11.3. The molecule has 2 amide bonds. The van der Waals surface area contributed by atoms with Gasteiger partial charge in [-0.3, -0.25) is 14.4 Å². The lowest BCUT2D eigenvalue weighted by molar-refractivity contribution is -0.151. The molecule has 0 aliphatic carbocycles. The van der Waals surface area contributed by atoms with Crippen LogP contribution in [0.3, 0.4) is 0 Å². The van der Waals surface area contributed by atoms with Gasteiger partial charge < -0.3 is 19.7 Å². The maximum Gasteiger partial charge on any atom is 0.338 e. The van der Waals surface area contributed by atoms with Crippen molar-refractivity contribution >= 4 is 35.1 Å². The van der Waals surface area contributed by atoms with Crippen LogP contribution in [0, 0.1) is 12.8 Å². The van der Waals surface area contributed by atoms with Gasteiger partial charge in [0.25, 0.3) is 5.91 Å². The molecule has 174 valence electrons. The minimum Gasteiger partial charge on any atom is -0.462 e. The van der Waals surface area contributed by atoms with Crippen LogP contribution in [0.1, 0.15) is 42.1 Å². The van der Waals surface area contributed by atoms with Crippen molar-refractivity contribution in [1.82, 2.24) is 0 Å². The van der Waals surface area contributed by atoms with E-state index in [1.165, 1.54) is 0 Å². The van der Waals surface area contributed by atoms with Gasteiger partial charge >= 0.3 is 11.9 Å². The van der Waals surface area contributed by atoms with E-state index >= 15 is 0 Å².